The Morgan fingerprint density at radius 2 is 1.54 bits per heavy atom. The van der Waals surface area contributed by atoms with Crippen molar-refractivity contribution in [2.75, 3.05) is 0 Å². The summed E-state index contributed by atoms with van der Waals surface area (Å²) in [4.78, 5) is 11.7. The normalized spacial score (nSPS) is 10.9. The summed E-state index contributed by atoms with van der Waals surface area (Å²) in [5.74, 6) is -1.16. The molecule has 0 aliphatic carbocycles. The molecule has 2 aromatic carbocycles. The number of rotatable bonds is 3. The smallest absolute Gasteiger partial charge is 0.144 e. The summed E-state index contributed by atoms with van der Waals surface area (Å²) in [6.07, 6.45) is 3.33. The maximum absolute atomic E-state index is 14.2. The number of aromatic nitrogens is 3. The lowest BCUT2D eigenvalue weighted by molar-refractivity contribution is 0.588. The lowest BCUT2D eigenvalue weighted by Crippen LogP contribution is -1.91. The molecular weight excluding hydrogens is 332 g/mol. The number of benzene rings is 2. The van der Waals surface area contributed by atoms with Crippen LogP contribution in [0, 0.1) is 18.6 Å². The Kier molecular flexibility index (Phi) is 4.05. The fourth-order valence-corrected chi connectivity index (χ4v) is 2.94. The first-order chi connectivity index (χ1) is 12.6. The Bertz CT molecular complexity index is 1050. The van der Waals surface area contributed by atoms with Gasteiger partial charge in [-0.05, 0) is 37.3 Å². The zero-order chi connectivity index (χ0) is 18.1. The van der Waals surface area contributed by atoms with E-state index in [0.29, 0.717) is 11.4 Å². The molecule has 0 amide bonds. The summed E-state index contributed by atoms with van der Waals surface area (Å²) in [6, 6.07) is 15.3. The van der Waals surface area contributed by atoms with Crippen molar-refractivity contribution < 1.29 is 8.78 Å². The Balaban J connectivity index is 1.97. The molecule has 0 aliphatic rings. The van der Waals surface area contributed by atoms with Gasteiger partial charge in [-0.3, -0.25) is 4.98 Å². The molecular formula is C21H15F2N3. The second-order valence-electron chi connectivity index (χ2n) is 6.01. The van der Waals surface area contributed by atoms with Gasteiger partial charge in [-0.25, -0.2) is 13.8 Å². The average molecular weight is 347 g/mol. The Morgan fingerprint density at radius 3 is 2.23 bits per heavy atom. The third-order valence-electron chi connectivity index (χ3n) is 4.16. The van der Waals surface area contributed by atoms with Gasteiger partial charge in [-0.1, -0.05) is 29.8 Å². The Morgan fingerprint density at radius 1 is 0.846 bits per heavy atom. The highest BCUT2D eigenvalue weighted by Crippen LogP contribution is 2.34. The summed E-state index contributed by atoms with van der Waals surface area (Å²) in [7, 11) is 0. The van der Waals surface area contributed by atoms with Crippen LogP contribution in [0.15, 0.2) is 67.0 Å². The molecule has 2 heterocycles. The van der Waals surface area contributed by atoms with Crippen molar-refractivity contribution in [2.24, 2.45) is 0 Å². The van der Waals surface area contributed by atoms with Crippen LogP contribution in [0.5, 0.6) is 0 Å². The van der Waals surface area contributed by atoms with Crippen molar-refractivity contribution in [3.63, 3.8) is 0 Å². The van der Waals surface area contributed by atoms with Gasteiger partial charge < -0.3 is 4.98 Å². The topological polar surface area (TPSA) is 41.6 Å². The van der Waals surface area contributed by atoms with Gasteiger partial charge in [-0.15, -0.1) is 0 Å². The molecule has 1 N–H and O–H groups in total. The minimum Gasteiger partial charge on any atom is -0.337 e. The van der Waals surface area contributed by atoms with Crippen molar-refractivity contribution >= 4 is 0 Å². The van der Waals surface area contributed by atoms with Crippen LogP contribution in [0.3, 0.4) is 0 Å². The van der Waals surface area contributed by atoms with Gasteiger partial charge >= 0.3 is 0 Å². The van der Waals surface area contributed by atoms with E-state index in [9.17, 15) is 8.78 Å². The van der Waals surface area contributed by atoms with Gasteiger partial charge in [0.2, 0.25) is 0 Å². The second kappa shape index (κ2) is 6.52. The first kappa shape index (κ1) is 16.1. The van der Waals surface area contributed by atoms with Crippen molar-refractivity contribution in [3.8, 4) is 33.9 Å². The zero-order valence-corrected chi connectivity index (χ0v) is 14.0. The highest BCUT2D eigenvalue weighted by Gasteiger charge is 2.19. The van der Waals surface area contributed by atoms with E-state index in [1.54, 1.807) is 12.4 Å². The average Bonchev–Trinajstić information content (AvgIpc) is 3.07. The molecule has 5 heteroatoms. The number of nitrogens with one attached hydrogen (secondary N) is 1. The number of aromatic amines is 1. The first-order valence-corrected chi connectivity index (χ1v) is 8.15. The number of aryl methyl sites for hydroxylation is 1. The molecule has 0 spiro atoms. The van der Waals surface area contributed by atoms with E-state index in [4.69, 9.17) is 0 Å². The van der Waals surface area contributed by atoms with E-state index in [1.807, 2.05) is 43.3 Å². The summed E-state index contributed by atoms with van der Waals surface area (Å²) in [6.45, 7) is 1.99. The quantitative estimate of drug-likeness (QED) is 0.540. The van der Waals surface area contributed by atoms with Crippen molar-refractivity contribution in [3.05, 3.63) is 84.2 Å². The summed E-state index contributed by atoms with van der Waals surface area (Å²) in [5.41, 5.74) is 3.95. The predicted molar refractivity (Wildman–Crippen MR) is 97.3 cm³/mol. The molecule has 4 rings (SSSR count). The largest absolute Gasteiger partial charge is 0.337 e. The number of pyridine rings is 1. The number of H-pyrrole nitrogens is 1. The summed E-state index contributed by atoms with van der Waals surface area (Å²) < 4.78 is 28.5. The van der Waals surface area contributed by atoms with Gasteiger partial charge in [0.25, 0.3) is 0 Å². The van der Waals surface area contributed by atoms with Crippen LogP contribution in [-0.4, -0.2) is 15.0 Å². The monoisotopic (exact) mass is 347 g/mol. The van der Waals surface area contributed by atoms with Crippen molar-refractivity contribution in [2.45, 2.75) is 6.92 Å². The van der Waals surface area contributed by atoms with Gasteiger partial charge in [0.1, 0.15) is 17.5 Å². The van der Waals surface area contributed by atoms with E-state index in [-0.39, 0.29) is 11.4 Å². The molecule has 0 unspecified atom stereocenters. The molecule has 0 bridgehead atoms. The SMILES string of the molecule is Cc1cccc(-c2nc(-c3c(F)cccc3F)[nH]c2-c2ccncc2)c1. The molecule has 0 aliphatic heterocycles. The molecule has 26 heavy (non-hydrogen) atoms. The number of hydrogen-bond acceptors (Lipinski definition) is 2. The first-order valence-electron chi connectivity index (χ1n) is 8.15. The maximum atomic E-state index is 14.2. The number of imidazole rings is 1. The van der Waals surface area contributed by atoms with Crippen LogP contribution in [-0.2, 0) is 0 Å². The van der Waals surface area contributed by atoms with E-state index in [2.05, 4.69) is 15.0 Å². The van der Waals surface area contributed by atoms with Crippen molar-refractivity contribution in [1.29, 1.82) is 0 Å². The van der Waals surface area contributed by atoms with E-state index in [0.717, 1.165) is 16.7 Å². The van der Waals surface area contributed by atoms with Crippen molar-refractivity contribution in [1.82, 2.24) is 15.0 Å². The van der Waals surface area contributed by atoms with Crippen LogP contribution in [0.2, 0.25) is 0 Å². The number of hydrogen-bond donors (Lipinski definition) is 1. The number of nitrogens with zero attached hydrogens (tertiary/aromatic N) is 2. The standard InChI is InChI=1S/C21H15F2N3/c1-13-4-2-5-15(12-13)20-19(14-8-10-24-11-9-14)25-21(26-20)18-16(22)6-3-7-17(18)23/h2-12H,1H3,(H,25,26). The Labute approximate surface area is 149 Å². The van der Waals surface area contributed by atoms with Crippen LogP contribution < -0.4 is 0 Å². The highest BCUT2D eigenvalue weighted by molar-refractivity contribution is 5.81. The Hall–Kier alpha value is -3.34. The van der Waals surface area contributed by atoms with Crippen LogP contribution in [0.1, 0.15) is 5.56 Å². The van der Waals surface area contributed by atoms with Crippen LogP contribution in [0.25, 0.3) is 33.9 Å². The zero-order valence-electron chi connectivity index (χ0n) is 14.0. The second-order valence-corrected chi connectivity index (χ2v) is 6.01. The van der Waals surface area contributed by atoms with E-state index >= 15 is 0 Å². The predicted octanol–water partition coefficient (Wildman–Crippen LogP) is 5.39. The molecule has 0 fully saturated rings. The highest BCUT2D eigenvalue weighted by atomic mass is 19.1. The third-order valence-corrected chi connectivity index (χ3v) is 4.16. The van der Waals surface area contributed by atoms with Gasteiger partial charge in [0.05, 0.1) is 17.0 Å². The molecule has 0 radical (unpaired) electrons. The van der Waals surface area contributed by atoms with Crippen LogP contribution in [0.4, 0.5) is 8.78 Å². The summed E-state index contributed by atoms with van der Waals surface area (Å²) >= 11 is 0. The molecule has 0 saturated heterocycles. The maximum Gasteiger partial charge on any atom is 0.144 e. The molecule has 3 nitrogen and oxygen atoms in total. The molecule has 128 valence electrons. The minimum absolute atomic E-state index is 0.156. The van der Waals surface area contributed by atoms with Gasteiger partial charge in [0, 0.05) is 23.5 Å². The molecule has 2 aromatic heterocycles. The fraction of sp³-hybridized carbons (Fsp3) is 0.0476. The molecule has 4 aromatic rings. The lowest BCUT2D eigenvalue weighted by Gasteiger charge is -2.03. The minimum atomic E-state index is -0.657. The van der Waals surface area contributed by atoms with Gasteiger partial charge in [-0.2, -0.15) is 0 Å². The third kappa shape index (κ3) is 2.88. The fourth-order valence-electron chi connectivity index (χ4n) is 2.94. The summed E-state index contributed by atoms with van der Waals surface area (Å²) in [5, 5.41) is 0. The number of halogens is 2. The van der Waals surface area contributed by atoms with Gasteiger partial charge in [0.15, 0.2) is 0 Å². The molecule has 0 atom stereocenters. The van der Waals surface area contributed by atoms with E-state index < -0.39 is 11.6 Å². The lowest BCUT2D eigenvalue weighted by atomic mass is 10.0. The van der Waals surface area contributed by atoms with E-state index in [1.165, 1.54) is 18.2 Å². The molecule has 0 saturated carbocycles. The van der Waals surface area contributed by atoms with Crippen LogP contribution >= 0.6 is 0 Å².